The van der Waals surface area contributed by atoms with E-state index in [1.165, 1.54) is 11.3 Å². The molecule has 1 amide bonds. The highest BCUT2D eigenvalue weighted by Crippen LogP contribution is 2.24. The highest BCUT2D eigenvalue weighted by molar-refractivity contribution is 7.14. The van der Waals surface area contributed by atoms with Gasteiger partial charge < -0.3 is 20.9 Å². The van der Waals surface area contributed by atoms with Gasteiger partial charge in [-0.05, 0) is 24.8 Å². The van der Waals surface area contributed by atoms with Crippen LogP contribution in [-0.2, 0) is 14.3 Å². The second kappa shape index (κ2) is 7.61. The number of aliphatic carboxylic acids is 1. The molecule has 0 saturated carbocycles. The molecule has 1 rings (SSSR count). The Hall–Kier alpha value is -1.93. The first-order chi connectivity index (χ1) is 9.45. The average Bonchev–Trinajstić information content (AvgIpc) is 2.84. The molecule has 1 aromatic heterocycles. The summed E-state index contributed by atoms with van der Waals surface area (Å²) in [5.74, 6) is -2.07. The molecule has 0 aliphatic rings. The number of hydrogen-bond donors (Lipinski definition) is 3. The Morgan fingerprint density at radius 2 is 2.20 bits per heavy atom. The summed E-state index contributed by atoms with van der Waals surface area (Å²) in [6, 6.07) is 0.601. The van der Waals surface area contributed by atoms with Crippen molar-refractivity contribution in [1.29, 1.82) is 0 Å². The number of carboxylic acid groups (broad SMARTS) is 1. The van der Waals surface area contributed by atoms with E-state index >= 15 is 0 Å². The fourth-order valence-corrected chi connectivity index (χ4v) is 2.17. The Bertz CT molecular complexity index is 500. The molecule has 1 unspecified atom stereocenters. The SMILES string of the molecule is CCOC(=O)c1ccsc1NC(=O)C(N)CCC(=O)O. The van der Waals surface area contributed by atoms with Crippen LogP contribution in [0.25, 0.3) is 0 Å². The fraction of sp³-hybridized carbons (Fsp3) is 0.417. The quantitative estimate of drug-likeness (QED) is 0.648. The number of ether oxygens (including phenoxy) is 1. The zero-order valence-corrected chi connectivity index (χ0v) is 11.7. The van der Waals surface area contributed by atoms with Gasteiger partial charge in [0.1, 0.15) is 5.00 Å². The molecule has 110 valence electrons. The zero-order chi connectivity index (χ0) is 15.1. The van der Waals surface area contributed by atoms with E-state index in [9.17, 15) is 14.4 Å². The van der Waals surface area contributed by atoms with Gasteiger partial charge in [0, 0.05) is 6.42 Å². The van der Waals surface area contributed by atoms with Crippen LogP contribution < -0.4 is 11.1 Å². The molecular weight excluding hydrogens is 284 g/mol. The molecule has 0 fully saturated rings. The molecule has 0 spiro atoms. The second-order valence-electron chi connectivity index (χ2n) is 3.91. The number of thiophene rings is 1. The number of esters is 1. The van der Waals surface area contributed by atoms with Gasteiger partial charge >= 0.3 is 11.9 Å². The molecule has 1 atom stereocenters. The monoisotopic (exact) mass is 300 g/mol. The summed E-state index contributed by atoms with van der Waals surface area (Å²) in [5, 5.41) is 13.0. The maximum absolute atomic E-state index is 11.8. The van der Waals surface area contributed by atoms with Crippen LogP contribution in [-0.4, -0.2) is 35.6 Å². The molecule has 0 aliphatic heterocycles. The van der Waals surface area contributed by atoms with Crippen LogP contribution >= 0.6 is 11.3 Å². The number of amides is 1. The predicted molar refractivity (Wildman–Crippen MR) is 73.8 cm³/mol. The van der Waals surface area contributed by atoms with Crippen molar-refractivity contribution in [1.82, 2.24) is 0 Å². The number of carbonyl (C=O) groups excluding carboxylic acids is 2. The highest BCUT2D eigenvalue weighted by atomic mass is 32.1. The van der Waals surface area contributed by atoms with Crippen molar-refractivity contribution in [2.24, 2.45) is 5.73 Å². The molecule has 1 aromatic rings. The Morgan fingerprint density at radius 1 is 1.50 bits per heavy atom. The minimum absolute atomic E-state index is 0.0290. The van der Waals surface area contributed by atoms with Gasteiger partial charge in [0.05, 0.1) is 18.2 Å². The first-order valence-electron chi connectivity index (χ1n) is 5.98. The van der Waals surface area contributed by atoms with E-state index in [-0.39, 0.29) is 25.0 Å². The maximum Gasteiger partial charge on any atom is 0.341 e. The highest BCUT2D eigenvalue weighted by Gasteiger charge is 2.19. The molecule has 0 bridgehead atoms. The third-order valence-corrected chi connectivity index (χ3v) is 3.23. The van der Waals surface area contributed by atoms with Gasteiger partial charge in [0.2, 0.25) is 5.91 Å². The largest absolute Gasteiger partial charge is 0.481 e. The number of hydrogen-bond acceptors (Lipinski definition) is 6. The smallest absolute Gasteiger partial charge is 0.341 e. The lowest BCUT2D eigenvalue weighted by Gasteiger charge is -2.11. The number of carbonyl (C=O) groups is 3. The Balaban J connectivity index is 2.64. The standard InChI is InChI=1S/C12H16N2O5S/c1-2-19-12(18)7-5-6-20-11(7)14-10(17)8(13)3-4-9(15)16/h5-6,8H,2-4,13H2,1H3,(H,14,17)(H,15,16). The summed E-state index contributed by atoms with van der Waals surface area (Å²) in [5.41, 5.74) is 5.84. The Labute approximate surface area is 119 Å². The lowest BCUT2D eigenvalue weighted by molar-refractivity contribution is -0.137. The summed E-state index contributed by atoms with van der Waals surface area (Å²) in [6.45, 7) is 1.92. The van der Waals surface area contributed by atoms with Gasteiger partial charge in [-0.2, -0.15) is 0 Å². The van der Waals surface area contributed by atoms with E-state index in [1.54, 1.807) is 18.4 Å². The van der Waals surface area contributed by atoms with Crippen LogP contribution in [0, 0.1) is 0 Å². The molecule has 0 radical (unpaired) electrons. The molecule has 8 heteroatoms. The second-order valence-corrected chi connectivity index (χ2v) is 4.83. The van der Waals surface area contributed by atoms with Crippen molar-refractivity contribution in [3.8, 4) is 0 Å². The van der Waals surface area contributed by atoms with Gasteiger partial charge in [0.15, 0.2) is 0 Å². The summed E-state index contributed by atoms with van der Waals surface area (Å²) in [7, 11) is 0. The lowest BCUT2D eigenvalue weighted by atomic mass is 10.1. The molecular formula is C12H16N2O5S. The molecule has 20 heavy (non-hydrogen) atoms. The predicted octanol–water partition coefficient (Wildman–Crippen LogP) is 1.06. The summed E-state index contributed by atoms with van der Waals surface area (Å²) < 4.78 is 4.86. The first-order valence-corrected chi connectivity index (χ1v) is 6.86. The van der Waals surface area contributed by atoms with Crippen LogP contribution in [0.4, 0.5) is 5.00 Å². The molecule has 0 saturated heterocycles. The van der Waals surface area contributed by atoms with Crippen molar-refractivity contribution in [3.63, 3.8) is 0 Å². The van der Waals surface area contributed by atoms with Crippen LogP contribution in [0.1, 0.15) is 30.1 Å². The normalized spacial score (nSPS) is 11.7. The summed E-state index contributed by atoms with van der Waals surface area (Å²) in [4.78, 5) is 33.8. The van der Waals surface area contributed by atoms with E-state index in [0.717, 1.165) is 0 Å². The van der Waals surface area contributed by atoms with Crippen LogP contribution in [0.2, 0.25) is 0 Å². The van der Waals surface area contributed by atoms with Gasteiger partial charge in [-0.25, -0.2) is 4.79 Å². The number of anilines is 1. The number of nitrogens with one attached hydrogen (secondary N) is 1. The van der Waals surface area contributed by atoms with E-state index in [1.807, 2.05) is 0 Å². The lowest BCUT2D eigenvalue weighted by Crippen LogP contribution is -2.36. The van der Waals surface area contributed by atoms with E-state index in [4.69, 9.17) is 15.6 Å². The van der Waals surface area contributed by atoms with E-state index in [2.05, 4.69) is 5.32 Å². The minimum Gasteiger partial charge on any atom is -0.481 e. The summed E-state index contributed by atoms with van der Waals surface area (Å²) >= 11 is 1.17. The Morgan fingerprint density at radius 3 is 2.80 bits per heavy atom. The average molecular weight is 300 g/mol. The minimum atomic E-state index is -1.02. The van der Waals surface area contributed by atoms with Crippen LogP contribution in [0.5, 0.6) is 0 Å². The Kier molecular flexibility index (Phi) is 6.13. The van der Waals surface area contributed by atoms with E-state index < -0.39 is 23.9 Å². The van der Waals surface area contributed by atoms with Crippen molar-refractivity contribution < 1.29 is 24.2 Å². The van der Waals surface area contributed by atoms with Gasteiger partial charge in [-0.1, -0.05) is 0 Å². The number of rotatable bonds is 7. The van der Waals surface area contributed by atoms with Gasteiger partial charge in [-0.15, -0.1) is 11.3 Å². The molecule has 0 aromatic carbocycles. The van der Waals surface area contributed by atoms with Crippen molar-refractivity contribution >= 4 is 34.2 Å². The van der Waals surface area contributed by atoms with Crippen molar-refractivity contribution in [2.75, 3.05) is 11.9 Å². The zero-order valence-electron chi connectivity index (χ0n) is 10.9. The molecule has 4 N–H and O–H groups in total. The maximum atomic E-state index is 11.8. The topological polar surface area (TPSA) is 119 Å². The van der Waals surface area contributed by atoms with E-state index in [0.29, 0.717) is 5.00 Å². The third-order valence-electron chi connectivity index (χ3n) is 2.40. The first kappa shape index (κ1) is 16.1. The summed E-state index contributed by atoms with van der Waals surface area (Å²) in [6.07, 6.45) is -0.162. The van der Waals surface area contributed by atoms with Gasteiger partial charge in [0.25, 0.3) is 0 Å². The number of nitrogens with two attached hydrogens (primary N) is 1. The van der Waals surface area contributed by atoms with Crippen molar-refractivity contribution in [2.45, 2.75) is 25.8 Å². The fourth-order valence-electron chi connectivity index (χ4n) is 1.39. The van der Waals surface area contributed by atoms with Crippen molar-refractivity contribution in [3.05, 3.63) is 17.0 Å². The molecule has 7 nitrogen and oxygen atoms in total. The third kappa shape index (κ3) is 4.63. The van der Waals surface area contributed by atoms with Crippen LogP contribution in [0.3, 0.4) is 0 Å². The molecule has 0 aliphatic carbocycles. The molecule has 1 heterocycles. The number of carboxylic acids is 1. The van der Waals surface area contributed by atoms with Crippen LogP contribution in [0.15, 0.2) is 11.4 Å². The van der Waals surface area contributed by atoms with Gasteiger partial charge in [-0.3, -0.25) is 9.59 Å².